The molecule has 0 spiro atoms. The van der Waals surface area contributed by atoms with Gasteiger partial charge in [-0.2, -0.15) is 17.5 Å². The third-order valence-corrected chi connectivity index (χ3v) is 6.22. The zero-order valence-electron chi connectivity index (χ0n) is 13.7. The van der Waals surface area contributed by atoms with Crippen LogP contribution in [-0.2, 0) is 16.2 Å². The number of halogens is 3. The molecule has 0 aliphatic carbocycles. The van der Waals surface area contributed by atoms with Crippen LogP contribution in [0.2, 0.25) is 0 Å². The van der Waals surface area contributed by atoms with E-state index < -0.39 is 26.7 Å². The molecule has 0 aromatic heterocycles. The number of benzene rings is 1. The molecule has 5 nitrogen and oxygen atoms in total. The van der Waals surface area contributed by atoms with Crippen molar-refractivity contribution in [1.82, 2.24) is 14.5 Å². The summed E-state index contributed by atoms with van der Waals surface area (Å²) in [6.07, 6.45) is -3.82. The summed E-state index contributed by atoms with van der Waals surface area (Å²) in [5.74, 6) is 0. The van der Waals surface area contributed by atoms with E-state index in [1.54, 1.807) is 0 Å². The Kier molecular flexibility index (Phi) is 6.28. The summed E-state index contributed by atoms with van der Waals surface area (Å²) in [5, 5.41) is 3.59. The fraction of sp³-hybridized carbons (Fsp3) is 0.533. The lowest BCUT2D eigenvalue weighted by Gasteiger charge is -2.35. The molecule has 25 heavy (non-hydrogen) atoms. The molecule has 1 fully saturated rings. The van der Waals surface area contributed by atoms with E-state index in [0.717, 1.165) is 29.4 Å². The normalized spacial score (nSPS) is 16.7. The number of nitrogens with zero attached hydrogens (tertiary/aromatic N) is 2. The van der Waals surface area contributed by atoms with Crippen molar-refractivity contribution in [2.24, 2.45) is 0 Å². The smallest absolute Gasteiger partial charge is 0.363 e. The van der Waals surface area contributed by atoms with Gasteiger partial charge in [0.05, 0.1) is 10.5 Å². The molecule has 10 heteroatoms. The van der Waals surface area contributed by atoms with Crippen molar-refractivity contribution in [3.05, 3.63) is 29.8 Å². The average Bonchev–Trinajstić information content (AvgIpc) is 2.59. The Hall–Kier alpha value is -1.39. The van der Waals surface area contributed by atoms with Gasteiger partial charge in [0.2, 0.25) is 10.0 Å². The highest BCUT2D eigenvalue weighted by atomic mass is 32.2. The summed E-state index contributed by atoms with van der Waals surface area (Å²) >= 11 is 5.23. The van der Waals surface area contributed by atoms with Crippen molar-refractivity contribution in [3.63, 3.8) is 0 Å². The van der Waals surface area contributed by atoms with Gasteiger partial charge in [-0.25, -0.2) is 8.42 Å². The number of sulfonamides is 1. The summed E-state index contributed by atoms with van der Waals surface area (Å²) in [7, 11) is -4.22. The molecule has 1 aliphatic heterocycles. The molecule has 0 unspecified atom stereocenters. The minimum Gasteiger partial charge on any atom is -0.363 e. The molecule has 0 bridgehead atoms. The Labute approximate surface area is 150 Å². The molecule has 1 aromatic rings. The Balaban J connectivity index is 2.15. The molecule has 1 aliphatic rings. The Morgan fingerprint density at radius 1 is 1.20 bits per heavy atom. The molecular weight excluding hydrogens is 375 g/mol. The molecule has 1 heterocycles. The van der Waals surface area contributed by atoms with E-state index in [1.807, 2.05) is 11.8 Å². The van der Waals surface area contributed by atoms with Crippen LogP contribution in [0.3, 0.4) is 0 Å². The lowest BCUT2D eigenvalue weighted by molar-refractivity contribution is -0.139. The van der Waals surface area contributed by atoms with Gasteiger partial charge in [0, 0.05) is 32.7 Å². The first-order chi connectivity index (χ1) is 11.7. The largest absolute Gasteiger partial charge is 0.417 e. The number of hydrogen-bond donors (Lipinski definition) is 1. The minimum absolute atomic E-state index is 0.0858. The van der Waals surface area contributed by atoms with E-state index in [9.17, 15) is 21.6 Å². The lowest BCUT2D eigenvalue weighted by atomic mass is 10.2. The minimum atomic E-state index is -4.73. The van der Waals surface area contributed by atoms with E-state index in [1.165, 1.54) is 12.1 Å². The van der Waals surface area contributed by atoms with Gasteiger partial charge in [-0.15, -0.1) is 0 Å². The topological polar surface area (TPSA) is 52.6 Å². The van der Waals surface area contributed by atoms with Crippen molar-refractivity contribution in [3.8, 4) is 0 Å². The van der Waals surface area contributed by atoms with Gasteiger partial charge in [-0.3, -0.25) is 0 Å². The molecular formula is C15H20F3N3O2S2. The number of alkyl halides is 3. The summed E-state index contributed by atoms with van der Waals surface area (Å²) in [6.45, 7) is 3.56. The highest BCUT2D eigenvalue weighted by molar-refractivity contribution is 7.89. The Morgan fingerprint density at radius 2 is 1.80 bits per heavy atom. The maximum Gasteiger partial charge on any atom is 0.417 e. The number of piperazine rings is 1. The fourth-order valence-electron chi connectivity index (χ4n) is 2.54. The van der Waals surface area contributed by atoms with Crippen LogP contribution in [0.15, 0.2) is 29.2 Å². The van der Waals surface area contributed by atoms with Crippen LogP contribution in [0.25, 0.3) is 0 Å². The SMILES string of the molecule is CCCNC(=S)N1CCN(S(=O)(=O)c2ccccc2C(F)(F)F)CC1. The summed E-state index contributed by atoms with van der Waals surface area (Å²) in [5.41, 5.74) is -1.14. The van der Waals surface area contributed by atoms with E-state index in [4.69, 9.17) is 12.2 Å². The number of rotatable bonds is 4. The van der Waals surface area contributed by atoms with Crippen LogP contribution in [0.5, 0.6) is 0 Å². The second kappa shape index (κ2) is 7.88. The van der Waals surface area contributed by atoms with Crippen LogP contribution < -0.4 is 5.32 Å². The van der Waals surface area contributed by atoms with Gasteiger partial charge < -0.3 is 10.2 Å². The zero-order chi connectivity index (χ0) is 18.7. The van der Waals surface area contributed by atoms with Crippen LogP contribution in [0.1, 0.15) is 18.9 Å². The first kappa shape index (κ1) is 19.9. The predicted octanol–water partition coefficient (Wildman–Crippen LogP) is 2.30. The number of nitrogens with one attached hydrogen (secondary N) is 1. The molecule has 2 rings (SSSR count). The maximum atomic E-state index is 13.1. The van der Waals surface area contributed by atoms with E-state index in [0.29, 0.717) is 18.2 Å². The Bertz CT molecular complexity index is 715. The van der Waals surface area contributed by atoms with Crippen molar-refractivity contribution in [2.75, 3.05) is 32.7 Å². The van der Waals surface area contributed by atoms with Gasteiger partial charge >= 0.3 is 6.18 Å². The standard InChI is InChI=1S/C15H20F3N3O2S2/c1-2-7-19-14(24)20-8-10-21(11-9-20)25(22,23)13-6-4-3-5-12(13)15(16,17)18/h3-6H,2,7-11H2,1H3,(H,19,24). The third-order valence-electron chi connectivity index (χ3n) is 3.86. The van der Waals surface area contributed by atoms with Crippen molar-refractivity contribution < 1.29 is 21.6 Å². The summed E-state index contributed by atoms with van der Waals surface area (Å²) in [4.78, 5) is 1.12. The lowest BCUT2D eigenvalue weighted by Crippen LogP contribution is -2.53. The van der Waals surface area contributed by atoms with Crippen molar-refractivity contribution >= 4 is 27.4 Å². The van der Waals surface area contributed by atoms with E-state index in [-0.39, 0.29) is 13.1 Å². The Morgan fingerprint density at radius 3 is 2.36 bits per heavy atom. The van der Waals surface area contributed by atoms with Gasteiger partial charge in [0.1, 0.15) is 0 Å². The monoisotopic (exact) mass is 395 g/mol. The molecule has 1 N–H and O–H groups in total. The molecule has 0 amide bonds. The second-order valence-electron chi connectivity index (χ2n) is 5.62. The zero-order valence-corrected chi connectivity index (χ0v) is 15.3. The summed E-state index contributed by atoms with van der Waals surface area (Å²) in [6, 6.07) is 4.25. The van der Waals surface area contributed by atoms with Crippen LogP contribution in [-0.4, -0.2) is 55.5 Å². The summed E-state index contributed by atoms with van der Waals surface area (Å²) < 4.78 is 65.8. The van der Waals surface area contributed by atoms with E-state index in [2.05, 4.69) is 5.32 Å². The fourth-order valence-corrected chi connectivity index (χ4v) is 4.46. The highest BCUT2D eigenvalue weighted by Gasteiger charge is 2.39. The molecule has 1 saturated heterocycles. The van der Waals surface area contributed by atoms with Gasteiger partial charge in [0.15, 0.2) is 5.11 Å². The van der Waals surface area contributed by atoms with Crippen LogP contribution in [0.4, 0.5) is 13.2 Å². The number of hydrogen-bond acceptors (Lipinski definition) is 3. The third kappa shape index (κ3) is 4.62. The average molecular weight is 395 g/mol. The van der Waals surface area contributed by atoms with Gasteiger partial charge in [-0.05, 0) is 30.8 Å². The molecule has 140 valence electrons. The van der Waals surface area contributed by atoms with Crippen molar-refractivity contribution in [1.29, 1.82) is 0 Å². The predicted molar refractivity (Wildman–Crippen MR) is 92.7 cm³/mol. The second-order valence-corrected chi connectivity index (χ2v) is 7.91. The maximum absolute atomic E-state index is 13.1. The quantitative estimate of drug-likeness (QED) is 0.793. The van der Waals surface area contributed by atoms with Gasteiger partial charge in [0.25, 0.3) is 0 Å². The molecule has 1 aromatic carbocycles. The number of thiocarbonyl (C=S) groups is 1. The van der Waals surface area contributed by atoms with Crippen LogP contribution >= 0.6 is 12.2 Å². The first-order valence-corrected chi connectivity index (χ1v) is 9.72. The molecule has 0 saturated carbocycles. The molecule has 0 atom stereocenters. The van der Waals surface area contributed by atoms with Gasteiger partial charge in [-0.1, -0.05) is 19.1 Å². The highest BCUT2D eigenvalue weighted by Crippen LogP contribution is 2.35. The van der Waals surface area contributed by atoms with E-state index >= 15 is 0 Å². The molecule has 0 radical (unpaired) electrons. The first-order valence-electron chi connectivity index (χ1n) is 7.87. The van der Waals surface area contributed by atoms with Crippen LogP contribution in [0, 0.1) is 0 Å². The van der Waals surface area contributed by atoms with Crippen molar-refractivity contribution in [2.45, 2.75) is 24.4 Å².